The minimum Gasteiger partial charge on any atom is -0.0623 e. The molecule has 0 saturated heterocycles. The average molecular weight is 236 g/mol. The van der Waals surface area contributed by atoms with Crippen LogP contribution in [0.2, 0.25) is 0 Å². The van der Waals surface area contributed by atoms with Gasteiger partial charge in [-0.15, -0.1) is 0 Å². The van der Waals surface area contributed by atoms with Crippen LogP contribution in [-0.4, -0.2) is 0 Å². The summed E-state index contributed by atoms with van der Waals surface area (Å²) in [5.74, 6) is 0. The van der Waals surface area contributed by atoms with Crippen LogP contribution in [0.3, 0.4) is 0 Å². The molecule has 0 N–H and O–H groups in total. The lowest BCUT2D eigenvalue weighted by Crippen LogP contribution is -2.01. The fourth-order valence-electron chi connectivity index (χ4n) is 3.00. The molecular formula is C18H20. The van der Waals surface area contributed by atoms with E-state index in [1.54, 1.807) is 11.1 Å². The Balaban J connectivity index is 1.77. The Bertz CT molecular complexity index is 493. The zero-order valence-electron chi connectivity index (χ0n) is 11.3. The quantitative estimate of drug-likeness (QED) is 0.543. The molecule has 3 rings (SSSR count). The number of hydrogen-bond acceptors (Lipinski definition) is 0. The predicted molar refractivity (Wildman–Crippen MR) is 78.3 cm³/mol. The van der Waals surface area contributed by atoms with E-state index in [0.29, 0.717) is 0 Å². The summed E-state index contributed by atoms with van der Waals surface area (Å²) >= 11 is 0. The molecule has 0 atom stereocenters. The minimum atomic E-state index is 1.24. The van der Waals surface area contributed by atoms with Crippen LogP contribution in [0.1, 0.15) is 39.5 Å². The van der Waals surface area contributed by atoms with E-state index in [4.69, 9.17) is 0 Å². The van der Waals surface area contributed by atoms with Crippen molar-refractivity contribution in [3.8, 4) is 0 Å². The summed E-state index contributed by atoms with van der Waals surface area (Å²) in [6.07, 6.45) is 18.6. The van der Waals surface area contributed by atoms with Gasteiger partial charge >= 0.3 is 0 Å². The maximum atomic E-state index is 2.33. The summed E-state index contributed by atoms with van der Waals surface area (Å²) in [6, 6.07) is 0. The van der Waals surface area contributed by atoms with Crippen LogP contribution in [0.15, 0.2) is 69.9 Å². The van der Waals surface area contributed by atoms with Gasteiger partial charge in [-0.1, -0.05) is 58.7 Å². The van der Waals surface area contributed by atoms with Crippen LogP contribution in [0, 0.1) is 0 Å². The highest BCUT2D eigenvalue weighted by Crippen LogP contribution is 2.35. The predicted octanol–water partition coefficient (Wildman–Crippen LogP) is 5.19. The van der Waals surface area contributed by atoms with Crippen molar-refractivity contribution in [3.05, 3.63) is 69.9 Å². The summed E-state index contributed by atoms with van der Waals surface area (Å²) in [4.78, 5) is 0. The molecule has 0 spiro atoms. The zero-order chi connectivity index (χ0) is 12.5. The molecule has 0 amide bonds. The molecule has 1 saturated carbocycles. The summed E-state index contributed by atoms with van der Waals surface area (Å²) in [5, 5.41) is 0. The smallest absolute Gasteiger partial charge is 0.0262 e. The topological polar surface area (TPSA) is 0 Å². The Labute approximate surface area is 110 Å². The van der Waals surface area contributed by atoms with Gasteiger partial charge in [0.2, 0.25) is 0 Å². The van der Waals surface area contributed by atoms with Crippen LogP contribution < -0.4 is 0 Å². The lowest BCUT2D eigenvalue weighted by molar-refractivity contribution is 0.720. The Morgan fingerprint density at radius 3 is 1.28 bits per heavy atom. The fraction of sp³-hybridized carbons (Fsp3) is 0.333. The van der Waals surface area contributed by atoms with E-state index in [0.717, 1.165) is 0 Å². The van der Waals surface area contributed by atoms with Crippen molar-refractivity contribution >= 4 is 0 Å². The fourth-order valence-corrected chi connectivity index (χ4v) is 3.00. The maximum absolute atomic E-state index is 2.33. The first-order valence-corrected chi connectivity index (χ1v) is 6.89. The molecule has 3 aliphatic rings. The van der Waals surface area contributed by atoms with Gasteiger partial charge in [0.1, 0.15) is 0 Å². The second-order valence-electron chi connectivity index (χ2n) is 5.56. The molecule has 3 aliphatic carbocycles. The first kappa shape index (κ1) is 11.5. The van der Waals surface area contributed by atoms with Gasteiger partial charge in [-0.3, -0.25) is 0 Å². The highest BCUT2D eigenvalue weighted by molar-refractivity contribution is 5.51. The van der Waals surface area contributed by atoms with Crippen molar-refractivity contribution in [1.29, 1.82) is 0 Å². The Kier molecular flexibility index (Phi) is 2.95. The monoisotopic (exact) mass is 236 g/mol. The zero-order valence-corrected chi connectivity index (χ0v) is 11.3. The summed E-state index contributed by atoms with van der Waals surface area (Å²) in [5.41, 5.74) is 9.03. The summed E-state index contributed by atoms with van der Waals surface area (Å²) in [7, 11) is 0. The lowest BCUT2D eigenvalue weighted by atomic mass is 9.85. The average Bonchev–Trinajstić information content (AvgIpc) is 2.98. The molecule has 92 valence electrons. The first-order valence-electron chi connectivity index (χ1n) is 6.89. The van der Waals surface area contributed by atoms with Crippen molar-refractivity contribution in [3.63, 3.8) is 0 Å². The molecule has 0 aromatic rings. The van der Waals surface area contributed by atoms with Gasteiger partial charge in [0.15, 0.2) is 0 Å². The third kappa shape index (κ3) is 2.20. The standard InChI is InChI=1S/C18H20/c1-13-3-5-17(11-13)15-7-9-16(10-8-15)18-6-4-14(2)12-18/h3-6,11-12H,7-10H2,1-2H3. The molecule has 0 nitrogen and oxygen atoms in total. The van der Waals surface area contributed by atoms with Crippen molar-refractivity contribution in [2.24, 2.45) is 0 Å². The van der Waals surface area contributed by atoms with Crippen LogP contribution in [-0.2, 0) is 0 Å². The normalized spacial score (nSPS) is 23.0. The van der Waals surface area contributed by atoms with E-state index in [9.17, 15) is 0 Å². The molecule has 1 fully saturated rings. The van der Waals surface area contributed by atoms with Gasteiger partial charge in [-0.25, -0.2) is 0 Å². The van der Waals surface area contributed by atoms with E-state index < -0.39 is 0 Å². The molecular weight excluding hydrogens is 216 g/mol. The van der Waals surface area contributed by atoms with E-state index in [1.165, 1.54) is 48.0 Å². The van der Waals surface area contributed by atoms with Crippen molar-refractivity contribution < 1.29 is 0 Å². The largest absolute Gasteiger partial charge is 0.0623 e. The molecule has 0 aromatic carbocycles. The second-order valence-corrected chi connectivity index (χ2v) is 5.56. The number of allylic oxidation sites excluding steroid dienone is 12. The van der Waals surface area contributed by atoms with Crippen molar-refractivity contribution in [1.82, 2.24) is 0 Å². The molecule has 0 bridgehead atoms. The van der Waals surface area contributed by atoms with E-state index >= 15 is 0 Å². The third-order valence-corrected chi connectivity index (χ3v) is 4.09. The molecule has 0 heteroatoms. The summed E-state index contributed by atoms with van der Waals surface area (Å²) < 4.78 is 0. The number of rotatable bonds is 0. The van der Waals surface area contributed by atoms with Crippen LogP contribution in [0.5, 0.6) is 0 Å². The molecule has 0 aromatic heterocycles. The maximum Gasteiger partial charge on any atom is -0.0262 e. The van der Waals surface area contributed by atoms with E-state index in [1.807, 2.05) is 0 Å². The molecule has 0 radical (unpaired) electrons. The van der Waals surface area contributed by atoms with Crippen LogP contribution >= 0.6 is 0 Å². The Morgan fingerprint density at radius 2 is 1.00 bits per heavy atom. The highest BCUT2D eigenvalue weighted by atomic mass is 14.2. The van der Waals surface area contributed by atoms with Crippen molar-refractivity contribution in [2.45, 2.75) is 39.5 Å². The molecule has 0 heterocycles. The van der Waals surface area contributed by atoms with Crippen LogP contribution in [0.25, 0.3) is 0 Å². The molecule has 0 unspecified atom stereocenters. The lowest BCUT2D eigenvalue weighted by Gasteiger charge is -2.20. The van der Waals surface area contributed by atoms with Gasteiger partial charge in [0.05, 0.1) is 0 Å². The minimum absolute atomic E-state index is 1.24. The third-order valence-electron chi connectivity index (χ3n) is 4.09. The van der Waals surface area contributed by atoms with Crippen molar-refractivity contribution in [2.75, 3.05) is 0 Å². The van der Waals surface area contributed by atoms with Gasteiger partial charge in [0.25, 0.3) is 0 Å². The van der Waals surface area contributed by atoms with E-state index in [2.05, 4.69) is 50.3 Å². The Hall–Kier alpha value is -1.56. The Morgan fingerprint density at radius 1 is 0.611 bits per heavy atom. The van der Waals surface area contributed by atoms with Gasteiger partial charge < -0.3 is 0 Å². The van der Waals surface area contributed by atoms with Crippen LogP contribution in [0.4, 0.5) is 0 Å². The second kappa shape index (κ2) is 4.61. The molecule has 0 aliphatic heterocycles. The highest BCUT2D eigenvalue weighted by Gasteiger charge is 2.16. The molecule has 18 heavy (non-hydrogen) atoms. The number of hydrogen-bond donors (Lipinski definition) is 0. The van der Waals surface area contributed by atoms with E-state index in [-0.39, 0.29) is 0 Å². The SMILES string of the molecule is CC1=CC(=C2CCC(=C3C=CC(C)=C3)CC2)C=C1. The first-order chi connectivity index (χ1) is 8.72. The van der Waals surface area contributed by atoms with Gasteiger partial charge in [0, 0.05) is 0 Å². The van der Waals surface area contributed by atoms with Gasteiger partial charge in [-0.05, 0) is 50.7 Å². The van der Waals surface area contributed by atoms with Gasteiger partial charge in [-0.2, -0.15) is 0 Å². The summed E-state index contributed by atoms with van der Waals surface area (Å²) in [6.45, 7) is 4.36.